The van der Waals surface area contributed by atoms with Crippen molar-refractivity contribution in [2.75, 3.05) is 20.3 Å². The van der Waals surface area contributed by atoms with Gasteiger partial charge in [-0.15, -0.1) is 24.0 Å². The van der Waals surface area contributed by atoms with Gasteiger partial charge in [0.15, 0.2) is 0 Å². The maximum absolute atomic E-state index is 11.8. The van der Waals surface area contributed by atoms with E-state index >= 15 is 0 Å². The maximum Gasteiger partial charge on any atom is 0.262 e. The van der Waals surface area contributed by atoms with Crippen LogP contribution in [0.25, 0.3) is 0 Å². The Morgan fingerprint density at radius 2 is 2.28 bits per heavy atom. The van der Waals surface area contributed by atoms with Gasteiger partial charge in [-0.25, -0.2) is 0 Å². The van der Waals surface area contributed by atoms with Gasteiger partial charge in [-0.2, -0.15) is 0 Å². The van der Waals surface area contributed by atoms with Gasteiger partial charge < -0.3 is 15.4 Å². The normalized spacial score (nSPS) is 11.9. The van der Waals surface area contributed by atoms with Crippen molar-refractivity contribution in [1.29, 1.82) is 0 Å². The Bertz CT molecular complexity index is 420. The summed E-state index contributed by atoms with van der Waals surface area (Å²) in [6.45, 7) is 2.50. The Morgan fingerprint density at radius 1 is 1.56 bits per heavy atom. The third kappa shape index (κ3) is 4.67. The van der Waals surface area contributed by atoms with E-state index in [0.717, 1.165) is 4.90 Å². The summed E-state index contributed by atoms with van der Waals surface area (Å²) in [6.07, 6.45) is 0. The molecule has 0 aromatic carbocycles. The maximum atomic E-state index is 11.8. The standard InChI is InChI=1S/C11H16N2O3S2/c1-7(10(14)12-3-4-16-2)13-11(15)9-5-8(17)6-18-9/h5-7,17H,3-4H2,1-2H3,(H,12,14)(H,13,15). The zero-order valence-corrected chi connectivity index (χ0v) is 11.9. The molecule has 0 bridgehead atoms. The summed E-state index contributed by atoms with van der Waals surface area (Å²) >= 11 is 5.42. The second-order valence-corrected chi connectivity index (χ2v) is 5.08. The molecule has 0 spiro atoms. The number of carbonyl (C=O) groups is 2. The van der Waals surface area contributed by atoms with Crippen LogP contribution in [0.2, 0.25) is 0 Å². The van der Waals surface area contributed by atoms with E-state index in [2.05, 4.69) is 23.3 Å². The topological polar surface area (TPSA) is 67.4 Å². The predicted molar refractivity (Wildman–Crippen MR) is 73.4 cm³/mol. The molecule has 1 unspecified atom stereocenters. The molecule has 1 aromatic heterocycles. The Kier molecular flexibility index (Phi) is 6.17. The van der Waals surface area contributed by atoms with E-state index in [-0.39, 0.29) is 11.8 Å². The number of thiol groups is 1. The Hall–Kier alpha value is -1.05. The molecule has 0 aliphatic rings. The Morgan fingerprint density at radius 3 is 2.83 bits per heavy atom. The third-order valence-electron chi connectivity index (χ3n) is 2.16. The molecule has 0 saturated carbocycles. The summed E-state index contributed by atoms with van der Waals surface area (Å²) in [5.74, 6) is -0.502. The van der Waals surface area contributed by atoms with Gasteiger partial charge in [0.05, 0.1) is 11.5 Å². The number of methoxy groups -OCH3 is 1. The highest BCUT2D eigenvalue weighted by molar-refractivity contribution is 7.80. The highest BCUT2D eigenvalue weighted by atomic mass is 32.1. The minimum absolute atomic E-state index is 0.233. The van der Waals surface area contributed by atoms with Crippen LogP contribution in [0.4, 0.5) is 0 Å². The summed E-state index contributed by atoms with van der Waals surface area (Å²) in [4.78, 5) is 24.6. The summed E-state index contributed by atoms with van der Waals surface area (Å²) in [6, 6.07) is 1.08. The summed E-state index contributed by atoms with van der Waals surface area (Å²) in [5.41, 5.74) is 0. The summed E-state index contributed by atoms with van der Waals surface area (Å²) < 4.78 is 4.82. The minimum atomic E-state index is -0.583. The van der Waals surface area contributed by atoms with E-state index in [1.54, 1.807) is 25.5 Å². The van der Waals surface area contributed by atoms with Crippen LogP contribution in [0.3, 0.4) is 0 Å². The molecule has 0 radical (unpaired) electrons. The van der Waals surface area contributed by atoms with Gasteiger partial charge in [-0.3, -0.25) is 9.59 Å². The van der Waals surface area contributed by atoms with Crippen LogP contribution in [0, 0.1) is 0 Å². The molecule has 0 aliphatic carbocycles. The third-order valence-corrected chi connectivity index (χ3v) is 3.52. The molecule has 0 saturated heterocycles. The molecule has 100 valence electrons. The lowest BCUT2D eigenvalue weighted by Gasteiger charge is -2.13. The van der Waals surface area contributed by atoms with Gasteiger partial charge in [-0.1, -0.05) is 0 Å². The fourth-order valence-electron chi connectivity index (χ4n) is 1.21. The monoisotopic (exact) mass is 288 g/mol. The highest BCUT2D eigenvalue weighted by Crippen LogP contribution is 2.17. The van der Waals surface area contributed by atoms with Crippen LogP contribution >= 0.6 is 24.0 Å². The van der Waals surface area contributed by atoms with E-state index in [4.69, 9.17) is 4.74 Å². The molecule has 0 aliphatic heterocycles. The molecule has 1 heterocycles. The zero-order chi connectivity index (χ0) is 13.5. The number of ether oxygens (including phenoxy) is 1. The fourth-order valence-corrected chi connectivity index (χ4v) is 2.26. The average Bonchev–Trinajstić information content (AvgIpc) is 2.76. The molecule has 0 fully saturated rings. The van der Waals surface area contributed by atoms with Crippen molar-refractivity contribution in [3.05, 3.63) is 16.3 Å². The molecule has 2 amide bonds. The average molecular weight is 288 g/mol. The van der Waals surface area contributed by atoms with E-state index in [1.807, 2.05) is 0 Å². The summed E-state index contributed by atoms with van der Waals surface area (Å²) in [5, 5.41) is 7.04. The molecule has 1 aromatic rings. The largest absolute Gasteiger partial charge is 0.383 e. The van der Waals surface area contributed by atoms with Crippen LogP contribution < -0.4 is 10.6 Å². The second-order valence-electron chi connectivity index (χ2n) is 3.65. The van der Waals surface area contributed by atoms with E-state index in [0.29, 0.717) is 18.0 Å². The van der Waals surface area contributed by atoms with E-state index in [9.17, 15) is 9.59 Å². The number of hydrogen-bond donors (Lipinski definition) is 3. The molecule has 2 N–H and O–H groups in total. The molecular formula is C11H16N2O3S2. The van der Waals surface area contributed by atoms with Crippen molar-refractivity contribution >= 4 is 35.8 Å². The molecule has 5 nitrogen and oxygen atoms in total. The Labute approximate surface area is 115 Å². The molecule has 1 atom stereocenters. The number of rotatable bonds is 6. The zero-order valence-electron chi connectivity index (χ0n) is 10.2. The number of carbonyl (C=O) groups excluding carboxylic acids is 2. The first kappa shape index (κ1) is 15.0. The SMILES string of the molecule is COCCNC(=O)C(C)NC(=O)c1cc(S)cs1. The van der Waals surface area contributed by atoms with Gasteiger partial charge in [-0.05, 0) is 13.0 Å². The van der Waals surface area contributed by atoms with Crippen molar-refractivity contribution in [2.24, 2.45) is 0 Å². The van der Waals surface area contributed by atoms with E-state index in [1.165, 1.54) is 11.3 Å². The van der Waals surface area contributed by atoms with Gasteiger partial charge in [0, 0.05) is 23.9 Å². The van der Waals surface area contributed by atoms with Crippen molar-refractivity contribution in [1.82, 2.24) is 10.6 Å². The molecular weight excluding hydrogens is 272 g/mol. The lowest BCUT2D eigenvalue weighted by Crippen LogP contribution is -2.45. The number of hydrogen-bond acceptors (Lipinski definition) is 5. The minimum Gasteiger partial charge on any atom is -0.383 e. The first-order valence-corrected chi connectivity index (χ1v) is 6.72. The molecule has 1 rings (SSSR count). The lowest BCUT2D eigenvalue weighted by atomic mass is 10.3. The first-order chi connectivity index (χ1) is 8.54. The van der Waals surface area contributed by atoms with Crippen LogP contribution in [-0.2, 0) is 9.53 Å². The molecule has 7 heteroatoms. The van der Waals surface area contributed by atoms with Gasteiger partial charge >= 0.3 is 0 Å². The molecule has 18 heavy (non-hydrogen) atoms. The van der Waals surface area contributed by atoms with Crippen molar-refractivity contribution in [3.8, 4) is 0 Å². The smallest absolute Gasteiger partial charge is 0.262 e. The van der Waals surface area contributed by atoms with Gasteiger partial charge in [0.25, 0.3) is 5.91 Å². The fraction of sp³-hybridized carbons (Fsp3) is 0.455. The van der Waals surface area contributed by atoms with Crippen LogP contribution in [-0.4, -0.2) is 38.1 Å². The van der Waals surface area contributed by atoms with Gasteiger partial charge in [0.1, 0.15) is 6.04 Å². The first-order valence-electron chi connectivity index (χ1n) is 5.39. The van der Waals surface area contributed by atoms with Crippen molar-refractivity contribution in [3.63, 3.8) is 0 Å². The lowest BCUT2D eigenvalue weighted by molar-refractivity contribution is -0.122. The second kappa shape index (κ2) is 7.40. The van der Waals surface area contributed by atoms with Crippen LogP contribution in [0.5, 0.6) is 0 Å². The van der Waals surface area contributed by atoms with Crippen molar-refractivity contribution < 1.29 is 14.3 Å². The highest BCUT2D eigenvalue weighted by Gasteiger charge is 2.16. The van der Waals surface area contributed by atoms with Crippen LogP contribution in [0.1, 0.15) is 16.6 Å². The van der Waals surface area contributed by atoms with Crippen LogP contribution in [0.15, 0.2) is 16.3 Å². The van der Waals surface area contributed by atoms with Crippen molar-refractivity contribution in [2.45, 2.75) is 17.9 Å². The Balaban J connectivity index is 2.41. The quantitative estimate of drug-likeness (QED) is 0.538. The number of amides is 2. The predicted octanol–water partition coefficient (Wildman–Crippen LogP) is 0.918. The van der Waals surface area contributed by atoms with E-state index < -0.39 is 6.04 Å². The number of nitrogens with one attached hydrogen (secondary N) is 2. The number of thiophene rings is 1. The summed E-state index contributed by atoms with van der Waals surface area (Å²) in [7, 11) is 1.56. The van der Waals surface area contributed by atoms with Gasteiger partial charge in [0.2, 0.25) is 5.91 Å².